The first-order chi connectivity index (χ1) is 10.1. The number of aryl methyl sites for hydroxylation is 3. The molecule has 0 aromatic heterocycles. The number of aliphatic hydroxyl groups excluding tert-OH is 1. The van der Waals surface area contributed by atoms with Crippen molar-refractivity contribution >= 4 is 0 Å². The predicted octanol–water partition coefficient (Wildman–Crippen LogP) is 3.49. The number of benzene rings is 2. The molecule has 2 unspecified atom stereocenters. The molecule has 21 heavy (non-hydrogen) atoms. The lowest BCUT2D eigenvalue weighted by Crippen LogP contribution is -2.35. The highest BCUT2D eigenvalue weighted by Gasteiger charge is 2.29. The first kappa shape index (κ1) is 14.0. The Morgan fingerprint density at radius 2 is 1.67 bits per heavy atom. The Hall–Kier alpha value is -2.00. The highest BCUT2D eigenvalue weighted by molar-refractivity contribution is 5.42. The van der Waals surface area contributed by atoms with Crippen LogP contribution >= 0.6 is 0 Å². The van der Waals surface area contributed by atoms with Gasteiger partial charge in [0.25, 0.3) is 0 Å². The molecule has 1 aliphatic heterocycles. The molecular weight excluding hydrogens is 264 g/mol. The summed E-state index contributed by atoms with van der Waals surface area (Å²) in [5.74, 6) is 1.42. The third-order valence-electron chi connectivity index (χ3n) is 4.08. The van der Waals surface area contributed by atoms with E-state index < -0.39 is 6.10 Å². The Morgan fingerprint density at radius 1 is 1.00 bits per heavy atom. The van der Waals surface area contributed by atoms with Crippen LogP contribution in [-0.4, -0.2) is 17.8 Å². The predicted molar refractivity (Wildman–Crippen MR) is 82.0 cm³/mol. The molecule has 1 aliphatic rings. The van der Waals surface area contributed by atoms with E-state index in [-0.39, 0.29) is 6.10 Å². The van der Waals surface area contributed by atoms with Crippen LogP contribution < -0.4 is 9.47 Å². The highest BCUT2D eigenvalue weighted by atomic mass is 16.6. The minimum Gasteiger partial charge on any atom is -0.486 e. The summed E-state index contributed by atoms with van der Waals surface area (Å²) in [5, 5.41) is 10.7. The van der Waals surface area contributed by atoms with Crippen LogP contribution in [0.1, 0.15) is 28.4 Å². The zero-order valence-electron chi connectivity index (χ0n) is 12.6. The van der Waals surface area contributed by atoms with Gasteiger partial charge in [0.2, 0.25) is 0 Å². The summed E-state index contributed by atoms with van der Waals surface area (Å²) in [6.45, 7) is 6.50. The van der Waals surface area contributed by atoms with Crippen molar-refractivity contribution < 1.29 is 14.6 Å². The maximum atomic E-state index is 10.7. The number of rotatable bonds is 2. The Morgan fingerprint density at radius 3 is 2.43 bits per heavy atom. The molecule has 0 spiro atoms. The molecule has 110 valence electrons. The van der Waals surface area contributed by atoms with E-state index in [1.165, 1.54) is 11.1 Å². The van der Waals surface area contributed by atoms with Gasteiger partial charge in [0.1, 0.15) is 12.7 Å². The van der Waals surface area contributed by atoms with Gasteiger partial charge in [-0.05, 0) is 55.2 Å². The fourth-order valence-electron chi connectivity index (χ4n) is 2.69. The van der Waals surface area contributed by atoms with E-state index >= 15 is 0 Å². The zero-order valence-corrected chi connectivity index (χ0v) is 12.6. The number of aliphatic hydroxyl groups is 1. The molecule has 0 aliphatic carbocycles. The van der Waals surface area contributed by atoms with Crippen molar-refractivity contribution in [1.29, 1.82) is 0 Å². The van der Waals surface area contributed by atoms with Crippen LogP contribution in [0.25, 0.3) is 0 Å². The third-order valence-corrected chi connectivity index (χ3v) is 4.08. The third kappa shape index (κ3) is 2.61. The average Bonchev–Trinajstić information content (AvgIpc) is 2.50. The first-order valence-electron chi connectivity index (χ1n) is 7.20. The standard InChI is InChI=1S/C18H20O3/c1-11-8-13(3)14(9-12(11)2)18(19)17-10-20-15-6-4-5-7-16(15)21-17/h4-9,17-19H,10H2,1-3H3. The molecule has 0 fully saturated rings. The normalized spacial score (nSPS) is 18.4. The van der Waals surface area contributed by atoms with E-state index in [1.54, 1.807) is 0 Å². The van der Waals surface area contributed by atoms with Gasteiger partial charge in [-0.1, -0.05) is 24.3 Å². The second kappa shape index (κ2) is 5.41. The molecule has 0 bridgehead atoms. The van der Waals surface area contributed by atoms with Gasteiger partial charge in [-0.3, -0.25) is 0 Å². The van der Waals surface area contributed by atoms with Crippen LogP contribution in [-0.2, 0) is 0 Å². The molecule has 0 saturated heterocycles. The molecule has 0 radical (unpaired) electrons. The van der Waals surface area contributed by atoms with E-state index in [1.807, 2.05) is 37.3 Å². The van der Waals surface area contributed by atoms with Crippen LogP contribution in [0.3, 0.4) is 0 Å². The Kier molecular flexibility index (Phi) is 3.60. The minimum absolute atomic E-state index is 0.352. The Balaban J connectivity index is 1.87. The van der Waals surface area contributed by atoms with Crippen LogP contribution in [0.15, 0.2) is 36.4 Å². The summed E-state index contributed by atoms with van der Waals surface area (Å²) < 4.78 is 11.6. The quantitative estimate of drug-likeness (QED) is 0.917. The molecule has 2 aromatic rings. The maximum absolute atomic E-state index is 10.7. The van der Waals surface area contributed by atoms with E-state index in [9.17, 15) is 5.11 Å². The van der Waals surface area contributed by atoms with Crippen molar-refractivity contribution in [1.82, 2.24) is 0 Å². The van der Waals surface area contributed by atoms with Gasteiger partial charge in [-0.25, -0.2) is 0 Å². The van der Waals surface area contributed by atoms with Crippen molar-refractivity contribution in [3.05, 3.63) is 58.7 Å². The second-order valence-electron chi connectivity index (χ2n) is 5.65. The summed E-state index contributed by atoms with van der Waals surface area (Å²) >= 11 is 0. The lowest BCUT2D eigenvalue weighted by atomic mass is 9.94. The van der Waals surface area contributed by atoms with Crippen molar-refractivity contribution in [3.8, 4) is 11.5 Å². The lowest BCUT2D eigenvalue weighted by molar-refractivity contribution is -0.0116. The largest absolute Gasteiger partial charge is 0.486 e. The zero-order chi connectivity index (χ0) is 15.0. The molecule has 2 aromatic carbocycles. The van der Waals surface area contributed by atoms with E-state index in [0.29, 0.717) is 12.4 Å². The molecule has 1 heterocycles. The van der Waals surface area contributed by atoms with E-state index in [4.69, 9.17) is 9.47 Å². The Bertz CT molecular complexity index is 664. The van der Waals surface area contributed by atoms with E-state index in [2.05, 4.69) is 19.9 Å². The van der Waals surface area contributed by atoms with Gasteiger partial charge in [-0.2, -0.15) is 0 Å². The molecule has 1 N–H and O–H groups in total. The van der Waals surface area contributed by atoms with Crippen LogP contribution in [0.4, 0.5) is 0 Å². The molecular formula is C18H20O3. The summed E-state index contributed by atoms with van der Waals surface area (Å²) in [6.07, 6.45) is -1.08. The van der Waals surface area contributed by atoms with Crippen LogP contribution in [0.2, 0.25) is 0 Å². The molecule has 2 atom stereocenters. The summed E-state index contributed by atoms with van der Waals surface area (Å²) in [5.41, 5.74) is 4.39. The molecule has 0 saturated carbocycles. The van der Waals surface area contributed by atoms with Gasteiger partial charge >= 0.3 is 0 Å². The fourth-order valence-corrected chi connectivity index (χ4v) is 2.69. The molecule has 3 nitrogen and oxygen atoms in total. The molecule has 3 rings (SSSR count). The number of fused-ring (bicyclic) bond motifs is 1. The topological polar surface area (TPSA) is 38.7 Å². The van der Waals surface area contributed by atoms with Crippen molar-refractivity contribution in [2.24, 2.45) is 0 Å². The van der Waals surface area contributed by atoms with Crippen LogP contribution in [0, 0.1) is 20.8 Å². The monoisotopic (exact) mass is 284 g/mol. The molecule has 0 amide bonds. The SMILES string of the molecule is Cc1cc(C)c(C(O)C2COc3ccccc3O2)cc1C. The summed E-state index contributed by atoms with van der Waals surface area (Å²) in [6, 6.07) is 11.7. The summed E-state index contributed by atoms with van der Waals surface area (Å²) in [7, 11) is 0. The maximum Gasteiger partial charge on any atom is 0.163 e. The summed E-state index contributed by atoms with van der Waals surface area (Å²) in [4.78, 5) is 0. The minimum atomic E-state index is -0.697. The van der Waals surface area contributed by atoms with Gasteiger partial charge < -0.3 is 14.6 Å². The average molecular weight is 284 g/mol. The number of hydrogen-bond acceptors (Lipinski definition) is 3. The smallest absolute Gasteiger partial charge is 0.163 e. The van der Waals surface area contributed by atoms with Gasteiger partial charge in [0.15, 0.2) is 17.6 Å². The highest BCUT2D eigenvalue weighted by Crippen LogP contribution is 2.35. The van der Waals surface area contributed by atoms with Gasteiger partial charge in [0.05, 0.1) is 0 Å². The van der Waals surface area contributed by atoms with E-state index in [0.717, 1.165) is 16.9 Å². The Labute approximate surface area is 125 Å². The van der Waals surface area contributed by atoms with Crippen LogP contribution in [0.5, 0.6) is 11.5 Å². The fraction of sp³-hybridized carbons (Fsp3) is 0.333. The van der Waals surface area contributed by atoms with Crippen molar-refractivity contribution in [3.63, 3.8) is 0 Å². The number of para-hydroxylation sites is 2. The molecule has 3 heteroatoms. The van der Waals surface area contributed by atoms with Gasteiger partial charge in [-0.15, -0.1) is 0 Å². The number of hydrogen-bond donors (Lipinski definition) is 1. The van der Waals surface area contributed by atoms with Gasteiger partial charge in [0, 0.05) is 0 Å². The second-order valence-corrected chi connectivity index (χ2v) is 5.65. The number of ether oxygens (including phenoxy) is 2. The van der Waals surface area contributed by atoms with Crippen molar-refractivity contribution in [2.45, 2.75) is 33.0 Å². The van der Waals surface area contributed by atoms with Crippen molar-refractivity contribution in [2.75, 3.05) is 6.61 Å². The lowest BCUT2D eigenvalue weighted by Gasteiger charge is -2.30. The first-order valence-corrected chi connectivity index (χ1v) is 7.20.